The molecule has 3 unspecified atom stereocenters. The van der Waals surface area contributed by atoms with Gasteiger partial charge in [0.2, 0.25) is 0 Å². The summed E-state index contributed by atoms with van der Waals surface area (Å²) in [5.74, 6) is -3.94. The van der Waals surface area contributed by atoms with Crippen LogP contribution in [0.25, 0.3) is 0 Å². The lowest BCUT2D eigenvalue weighted by atomic mass is 9.93. The monoisotopic (exact) mass is 762 g/mol. The Labute approximate surface area is 304 Å². The first-order valence-corrected chi connectivity index (χ1v) is 16.4. The van der Waals surface area contributed by atoms with Gasteiger partial charge in [-0.3, -0.25) is 14.4 Å². The van der Waals surface area contributed by atoms with Gasteiger partial charge in [0.15, 0.2) is 37.6 Å². The molecule has 4 saturated heterocycles. The summed E-state index contributed by atoms with van der Waals surface area (Å²) >= 11 is 0. The maximum atomic E-state index is 11.7. The molecule has 0 radical (unpaired) electrons. The summed E-state index contributed by atoms with van der Waals surface area (Å²) in [5.41, 5.74) is -1.29. The third kappa shape index (κ3) is 17.8. The average molecular weight is 763 g/mol. The van der Waals surface area contributed by atoms with E-state index in [1.807, 2.05) is 12.2 Å². The van der Waals surface area contributed by atoms with Crippen LogP contribution in [0.4, 0.5) is 0 Å². The third-order valence-electron chi connectivity index (χ3n) is 7.04. The molecule has 5 aliphatic rings. The van der Waals surface area contributed by atoms with Crippen molar-refractivity contribution in [2.45, 2.75) is 97.2 Å². The topological polar surface area (TPSA) is 277 Å². The predicted octanol–water partition coefficient (Wildman–Crippen LogP) is -0.691. The van der Waals surface area contributed by atoms with Crippen molar-refractivity contribution in [1.82, 2.24) is 0 Å². The van der Waals surface area contributed by atoms with Gasteiger partial charge in [-0.15, -0.1) is 0 Å². The van der Waals surface area contributed by atoms with Crippen molar-refractivity contribution in [3.8, 4) is 0 Å². The number of cyclic esters (lactones) is 8. The van der Waals surface area contributed by atoms with E-state index in [2.05, 4.69) is 28.4 Å². The second-order valence-electron chi connectivity index (χ2n) is 11.8. The number of ether oxygens (including phenoxy) is 9. The van der Waals surface area contributed by atoms with Crippen LogP contribution in [0.3, 0.4) is 0 Å². The van der Waals surface area contributed by atoms with Crippen molar-refractivity contribution in [1.29, 1.82) is 0 Å². The molecule has 0 spiro atoms. The summed E-state index contributed by atoms with van der Waals surface area (Å²) in [6, 6.07) is 0. The Morgan fingerprint density at radius 2 is 1.08 bits per heavy atom. The van der Waals surface area contributed by atoms with Crippen molar-refractivity contribution in [3.63, 3.8) is 0 Å². The molecule has 298 valence electrons. The van der Waals surface area contributed by atoms with Crippen molar-refractivity contribution in [3.05, 3.63) is 12.2 Å². The van der Waals surface area contributed by atoms with E-state index in [1.54, 1.807) is 0 Å². The van der Waals surface area contributed by atoms with E-state index in [-0.39, 0.29) is 38.2 Å². The van der Waals surface area contributed by atoms with Crippen LogP contribution in [-0.4, -0.2) is 134 Å². The van der Waals surface area contributed by atoms with Gasteiger partial charge in [0.25, 0.3) is 0 Å². The van der Waals surface area contributed by atoms with Crippen LogP contribution < -0.4 is 0 Å². The van der Waals surface area contributed by atoms with Gasteiger partial charge in [0.05, 0.1) is 32.8 Å². The van der Waals surface area contributed by atoms with Crippen LogP contribution in [0, 0.1) is 5.41 Å². The minimum absolute atomic E-state index is 0.112. The molecule has 5 rings (SSSR count). The Morgan fingerprint density at radius 3 is 1.49 bits per heavy atom. The maximum absolute atomic E-state index is 11.7. The third-order valence-corrected chi connectivity index (χ3v) is 7.04. The molecule has 20 heteroatoms. The minimum atomic E-state index is -1.29. The fourth-order valence-electron chi connectivity index (χ4n) is 3.62. The van der Waals surface area contributed by atoms with Crippen LogP contribution in [0.1, 0.15) is 66.7 Å². The van der Waals surface area contributed by atoms with Crippen LogP contribution in [0.5, 0.6) is 0 Å². The van der Waals surface area contributed by atoms with E-state index in [0.29, 0.717) is 25.9 Å². The van der Waals surface area contributed by atoms with Crippen LogP contribution in [-0.2, 0) is 85.8 Å². The molecule has 0 aromatic heterocycles. The van der Waals surface area contributed by atoms with E-state index in [0.717, 1.165) is 6.42 Å². The van der Waals surface area contributed by atoms with Gasteiger partial charge in [-0.1, -0.05) is 12.2 Å². The lowest BCUT2D eigenvalue weighted by Gasteiger charge is -2.25. The lowest BCUT2D eigenvalue weighted by molar-refractivity contribution is -0.191. The van der Waals surface area contributed by atoms with Gasteiger partial charge >= 0.3 is 53.7 Å². The zero-order valence-corrected chi connectivity index (χ0v) is 30.1. The fraction of sp³-hybridized carbons (Fsp3) is 0.667. The molecule has 5 aliphatic heterocycles. The molecule has 5 heterocycles. The molecule has 2 N–H and O–H groups in total. The molecule has 0 aliphatic carbocycles. The van der Waals surface area contributed by atoms with Crippen molar-refractivity contribution < 1.29 is 96.0 Å². The number of hydrogen-bond donors (Lipinski definition) is 2. The Bertz CT molecular complexity index is 1230. The average Bonchev–Trinajstić information content (AvgIpc) is 3.49. The SMILES string of the molecule is CC(CO)(CO)C(=O)OC1CCOC(=O)CC1.CC1OC(=O)C(C)OC1=O.C[C@H]1OC(=O)[C@@H](C)OC1=O.O=C1CC=CCCO1.O=C1COC(=O)CO1. The minimum Gasteiger partial charge on any atom is -0.466 e. The molecule has 4 fully saturated rings. The number of carbonyl (C=O) groups is 9. The highest BCUT2D eigenvalue weighted by Gasteiger charge is 2.36. The number of carbonyl (C=O) groups excluding carboxylic acids is 9. The molecule has 20 nitrogen and oxygen atoms in total. The smallest absolute Gasteiger partial charge is 0.347 e. The summed E-state index contributed by atoms with van der Waals surface area (Å²) in [4.78, 5) is 95.9. The summed E-state index contributed by atoms with van der Waals surface area (Å²) in [6.07, 6.45) is 2.81. The number of rotatable bonds is 4. The van der Waals surface area contributed by atoms with Gasteiger partial charge < -0.3 is 52.8 Å². The zero-order valence-electron chi connectivity index (χ0n) is 30.1. The largest absolute Gasteiger partial charge is 0.466 e. The first kappa shape index (κ1) is 45.9. The Balaban J connectivity index is 0.000000343. The van der Waals surface area contributed by atoms with Crippen LogP contribution in [0.2, 0.25) is 0 Å². The summed E-state index contributed by atoms with van der Waals surface area (Å²) in [6.45, 7) is 6.68. The Hall–Kier alpha value is -5.11. The zero-order chi connectivity index (χ0) is 40.1. The van der Waals surface area contributed by atoms with Gasteiger partial charge in [0, 0.05) is 12.8 Å². The number of hydrogen-bond acceptors (Lipinski definition) is 20. The normalized spacial score (nSPS) is 25.3. The number of aliphatic hydroxyl groups excluding tert-OH is 2. The molecule has 0 saturated carbocycles. The molecule has 5 atom stereocenters. The van der Waals surface area contributed by atoms with Crippen molar-refractivity contribution in [2.75, 3.05) is 39.6 Å². The molecule has 0 aromatic carbocycles. The Kier molecular flexibility index (Phi) is 20.3. The summed E-state index contributed by atoms with van der Waals surface area (Å²) in [7, 11) is 0. The van der Waals surface area contributed by atoms with Gasteiger partial charge in [0.1, 0.15) is 11.5 Å². The Morgan fingerprint density at radius 1 is 0.642 bits per heavy atom. The molecule has 0 bridgehead atoms. The standard InChI is InChI=1S/C11H18O6.2C6H8O4.C6H8O2.C4H4O4/c1-11(6-12,7-13)10(15)17-8-2-3-9(14)16-5-4-8;2*1-3-5(7)10-4(2)6(8)9-3;7-6-4-2-1-3-5-8-6;5-3-1-7-4(6)2-8-3/h8,12-13H,2-7H2,1H3;2*3-4H,1-2H3;1-2H,3-5H2;1-2H2/t;3-,4-;;;/m.1.../s1. The highest BCUT2D eigenvalue weighted by Crippen LogP contribution is 2.21. The van der Waals surface area contributed by atoms with E-state index in [1.165, 1.54) is 34.6 Å². The van der Waals surface area contributed by atoms with Gasteiger partial charge in [-0.2, -0.15) is 0 Å². The van der Waals surface area contributed by atoms with Crippen molar-refractivity contribution in [2.24, 2.45) is 5.41 Å². The van der Waals surface area contributed by atoms with Gasteiger partial charge in [-0.05, 0) is 47.5 Å². The van der Waals surface area contributed by atoms with E-state index in [9.17, 15) is 43.2 Å². The quantitative estimate of drug-likeness (QED) is 0.204. The summed E-state index contributed by atoms with van der Waals surface area (Å²) in [5, 5.41) is 18.1. The van der Waals surface area contributed by atoms with Crippen molar-refractivity contribution >= 4 is 53.7 Å². The molecular formula is C33H46O20. The highest BCUT2D eigenvalue weighted by atomic mass is 16.7. The second kappa shape index (κ2) is 23.5. The molecule has 0 amide bonds. The molecular weight excluding hydrogens is 716 g/mol. The number of aliphatic hydroxyl groups is 2. The second-order valence-corrected chi connectivity index (χ2v) is 11.8. The first-order chi connectivity index (χ1) is 24.9. The molecule has 53 heavy (non-hydrogen) atoms. The van der Waals surface area contributed by atoms with Crippen LogP contribution >= 0.6 is 0 Å². The van der Waals surface area contributed by atoms with Crippen LogP contribution in [0.15, 0.2) is 12.2 Å². The lowest BCUT2D eigenvalue weighted by Crippen LogP contribution is -2.40. The van der Waals surface area contributed by atoms with E-state index >= 15 is 0 Å². The first-order valence-electron chi connectivity index (χ1n) is 16.4. The van der Waals surface area contributed by atoms with E-state index < -0.39 is 90.9 Å². The molecule has 0 aromatic rings. The maximum Gasteiger partial charge on any atom is 0.347 e. The highest BCUT2D eigenvalue weighted by molar-refractivity contribution is 5.87. The van der Waals surface area contributed by atoms with Gasteiger partial charge in [-0.25, -0.2) is 28.8 Å². The summed E-state index contributed by atoms with van der Waals surface area (Å²) < 4.78 is 41.6. The van der Waals surface area contributed by atoms with E-state index in [4.69, 9.17) is 24.4 Å². The fourth-order valence-corrected chi connectivity index (χ4v) is 3.62. The number of esters is 9. The predicted molar refractivity (Wildman–Crippen MR) is 170 cm³/mol.